The molecule has 1 aromatic carbocycles. The summed E-state index contributed by atoms with van der Waals surface area (Å²) in [5.74, 6) is 2.09. The summed E-state index contributed by atoms with van der Waals surface area (Å²) in [6, 6.07) is 8.50. The van der Waals surface area contributed by atoms with E-state index in [0.29, 0.717) is 30.5 Å². The number of hydrogen-bond acceptors (Lipinski definition) is 3. The molecule has 30 heavy (non-hydrogen) atoms. The summed E-state index contributed by atoms with van der Waals surface area (Å²) in [7, 11) is -0.910. The minimum absolute atomic E-state index is 0.216. The molecule has 0 spiro atoms. The molecule has 166 valence electrons. The maximum Gasteiger partial charge on any atom is 0.222 e. The lowest BCUT2D eigenvalue weighted by Crippen LogP contribution is -2.41. The van der Waals surface area contributed by atoms with Crippen molar-refractivity contribution in [3.8, 4) is 0 Å². The molecule has 0 saturated carbocycles. The van der Waals surface area contributed by atoms with Crippen LogP contribution in [0.5, 0.6) is 0 Å². The monoisotopic (exact) mass is 432 g/mol. The summed E-state index contributed by atoms with van der Waals surface area (Å²) < 4.78 is 12.2. The predicted octanol–water partition coefficient (Wildman–Crippen LogP) is 3.12. The van der Waals surface area contributed by atoms with Gasteiger partial charge in [0.05, 0.1) is 6.54 Å². The molecule has 0 radical (unpaired) electrons. The lowest BCUT2D eigenvalue weighted by Gasteiger charge is -2.24. The van der Waals surface area contributed by atoms with Crippen LogP contribution < -0.4 is 10.2 Å². The fraction of sp³-hybridized carbons (Fsp3) is 0.652. The number of amides is 1. The van der Waals surface area contributed by atoms with E-state index in [-0.39, 0.29) is 4.75 Å². The second-order valence-electron chi connectivity index (χ2n) is 9.04. The highest BCUT2D eigenvalue weighted by molar-refractivity contribution is 7.86. The van der Waals surface area contributed by atoms with Crippen LogP contribution in [0.15, 0.2) is 29.3 Å². The highest BCUT2D eigenvalue weighted by Gasteiger charge is 2.32. The van der Waals surface area contributed by atoms with Crippen molar-refractivity contribution in [1.82, 2.24) is 10.2 Å². The largest absolute Gasteiger partial charge is 0.356 e. The number of guanidine groups is 1. The maximum atomic E-state index is 12.4. The van der Waals surface area contributed by atoms with Gasteiger partial charge >= 0.3 is 0 Å². The van der Waals surface area contributed by atoms with Crippen molar-refractivity contribution >= 4 is 28.4 Å². The van der Waals surface area contributed by atoms with E-state index in [4.69, 9.17) is 4.99 Å². The fourth-order valence-corrected chi connectivity index (χ4v) is 5.00. The number of fused-ring (bicyclic) bond motifs is 1. The minimum Gasteiger partial charge on any atom is -0.356 e. The number of aliphatic imine (C=N–C) groups is 1. The first kappa shape index (κ1) is 22.8. The average molecular weight is 433 g/mol. The Morgan fingerprint density at radius 2 is 2.07 bits per heavy atom. The van der Waals surface area contributed by atoms with Gasteiger partial charge < -0.3 is 15.1 Å². The summed E-state index contributed by atoms with van der Waals surface area (Å²) in [5.41, 5.74) is 2.51. The highest BCUT2D eigenvalue weighted by atomic mass is 32.2. The minimum atomic E-state index is -0.910. The quantitative estimate of drug-likeness (QED) is 0.531. The summed E-state index contributed by atoms with van der Waals surface area (Å²) in [6.45, 7) is 12.0. The number of carbonyl (C=O) groups is 1. The van der Waals surface area contributed by atoms with Crippen molar-refractivity contribution in [2.45, 2.75) is 57.6 Å². The molecule has 0 aliphatic carbocycles. The molecular formula is C23H36N4O2S. The zero-order valence-electron chi connectivity index (χ0n) is 18.8. The van der Waals surface area contributed by atoms with Gasteiger partial charge in [-0.3, -0.25) is 14.0 Å². The molecule has 2 aliphatic rings. The highest BCUT2D eigenvalue weighted by Crippen LogP contribution is 2.38. The molecule has 1 amide bonds. The zero-order valence-corrected chi connectivity index (χ0v) is 19.6. The predicted molar refractivity (Wildman–Crippen MR) is 126 cm³/mol. The van der Waals surface area contributed by atoms with Gasteiger partial charge in [0, 0.05) is 65.5 Å². The zero-order chi connectivity index (χ0) is 21.7. The summed E-state index contributed by atoms with van der Waals surface area (Å²) in [4.78, 5) is 21.1. The van der Waals surface area contributed by atoms with Gasteiger partial charge in [-0.05, 0) is 52.2 Å². The van der Waals surface area contributed by atoms with Crippen LogP contribution in [0.1, 0.15) is 58.4 Å². The number of rotatable bonds is 7. The second kappa shape index (κ2) is 9.94. The maximum absolute atomic E-state index is 12.4. The van der Waals surface area contributed by atoms with E-state index < -0.39 is 10.8 Å². The van der Waals surface area contributed by atoms with Gasteiger partial charge in [-0.25, -0.2) is 0 Å². The van der Waals surface area contributed by atoms with Crippen molar-refractivity contribution in [2.75, 3.05) is 43.4 Å². The SMILES string of the molecule is CCNC(=NCCS(=O)C(C)(C)C)N1CC(CCN2CCCC2=O)c2ccccc21. The Hall–Kier alpha value is -1.89. The van der Waals surface area contributed by atoms with Crippen LogP contribution in [-0.4, -0.2) is 64.2 Å². The van der Waals surface area contributed by atoms with Crippen LogP contribution in [-0.2, 0) is 15.6 Å². The third-order valence-corrected chi connectivity index (χ3v) is 7.72. The van der Waals surface area contributed by atoms with Crippen molar-refractivity contribution in [2.24, 2.45) is 4.99 Å². The first-order chi connectivity index (χ1) is 14.3. The molecule has 1 fully saturated rings. The molecule has 2 aliphatic heterocycles. The second-order valence-corrected chi connectivity index (χ2v) is 11.4. The molecule has 1 N–H and O–H groups in total. The van der Waals surface area contributed by atoms with Gasteiger partial charge in [-0.2, -0.15) is 0 Å². The van der Waals surface area contributed by atoms with E-state index >= 15 is 0 Å². The van der Waals surface area contributed by atoms with Gasteiger partial charge in [0.25, 0.3) is 0 Å². The normalized spacial score (nSPS) is 20.6. The Bertz CT molecular complexity index is 803. The van der Waals surface area contributed by atoms with E-state index in [1.165, 1.54) is 11.3 Å². The average Bonchev–Trinajstić information content (AvgIpc) is 3.28. The van der Waals surface area contributed by atoms with Crippen molar-refractivity contribution in [3.63, 3.8) is 0 Å². The van der Waals surface area contributed by atoms with Crippen LogP contribution >= 0.6 is 0 Å². The van der Waals surface area contributed by atoms with E-state index in [0.717, 1.165) is 45.0 Å². The van der Waals surface area contributed by atoms with Crippen molar-refractivity contribution < 1.29 is 9.00 Å². The summed E-state index contributed by atoms with van der Waals surface area (Å²) >= 11 is 0. The first-order valence-corrected chi connectivity index (χ1v) is 12.4. The van der Waals surface area contributed by atoms with Gasteiger partial charge in [0.15, 0.2) is 5.96 Å². The van der Waals surface area contributed by atoms with Gasteiger partial charge in [-0.1, -0.05) is 18.2 Å². The van der Waals surface area contributed by atoms with Crippen molar-refractivity contribution in [1.29, 1.82) is 0 Å². The molecule has 0 aromatic heterocycles. The third-order valence-electron chi connectivity index (χ3n) is 5.80. The molecule has 1 saturated heterocycles. The smallest absolute Gasteiger partial charge is 0.222 e. The third kappa shape index (κ3) is 5.42. The molecule has 3 rings (SSSR count). The van der Waals surface area contributed by atoms with Crippen LogP contribution in [0.25, 0.3) is 0 Å². The Morgan fingerprint density at radius 1 is 1.30 bits per heavy atom. The molecular weight excluding hydrogens is 396 g/mol. The standard InChI is InChI=1S/C23H36N4O2S/c1-5-24-22(25-13-16-30(29)23(2,3)4)27-17-18(19-9-6-7-10-20(19)27)12-15-26-14-8-11-21(26)28/h6-7,9-10,18H,5,8,11-17H2,1-4H3,(H,24,25). The molecule has 2 atom stereocenters. The number of nitrogens with one attached hydrogen (secondary N) is 1. The van der Waals surface area contributed by atoms with E-state index in [1.807, 2.05) is 25.7 Å². The fourth-order valence-electron chi connectivity index (χ4n) is 4.13. The molecule has 7 heteroatoms. The number of likely N-dealkylation sites (tertiary alicyclic amines) is 1. The number of benzene rings is 1. The molecule has 0 bridgehead atoms. The van der Waals surface area contributed by atoms with E-state index in [2.05, 4.69) is 41.4 Å². The molecule has 1 aromatic rings. The number of nitrogens with zero attached hydrogens (tertiary/aromatic N) is 3. The van der Waals surface area contributed by atoms with Crippen LogP contribution in [0.2, 0.25) is 0 Å². The number of carbonyl (C=O) groups excluding carboxylic acids is 1. The Morgan fingerprint density at radius 3 is 2.73 bits per heavy atom. The Kier molecular flexibility index (Phi) is 7.55. The van der Waals surface area contributed by atoms with Crippen LogP contribution in [0, 0.1) is 0 Å². The number of anilines is 1. The van der Waals surface area contributed by atoms with Gasteiger partial charge in [-0.15, -0.1) is 0 Å². The van der Waals surface area contributed by atoms with Gasteiger partial charge in [0.2, 0.25) is 5.91 Å². The van der Waals surface area contributed by atoms with Crippen LogP contribution in [0.4, 0.5) is 5.69 Å². The topological polar surface area (TPSA) is 65.0 Å². The summed E-state index contributed by atoms with van der Waals surface area (Å²) in [5, 5.41) is 3.42. The summed E-state index contributed by atoms with van der Waals surface area (Å²) in [6.07, 6.45) is 2.65. The molecule has 2 unspecified atom stereocenters. The van der Waals surface area contributed by atoms with Crippen molar-refractivity contribution in [3.05, 3.63) is 29.8 Å². The Balaban J connectivity index is 1.71. The number of hydrogen-bond donors (Lipinski definition) is 1. The molecule has 6 nitrogen and oxygen atoms in total. The van der Waals surface area contributed by atoms with E-state index in [1.54, 1.807) is 0 Å². The van der Waals surface area contributed by atoms with Gasteiger partial charge in [0.1, 0.15) is 0 Å². The van der Waals surface area contributed by atoms with Crippen LogP contribution in [0.3, 0.4) is 0 Å². The molecule has 2 heterocycles. The lowest BCUT2D eigenvalue weighted by atomic mass is 9.98. The number of para-hydroxylation sites is 1. The van der Waals surface area contributed by atoms with E-state index in [9.17, 15) is 9.00 Å². The lowest BCUT2D eigenvalue weighted by molar-refractivity contribution is -0.127. The Labute approximate surface area is 183 Å². The first-order valence-electron chi connectivity index (χ1n) is 11.1.